The molecular formula is C31H31N3O6. The number of pyridine rings is 1. The Morgan fingerprint density at radius 2 is 1.95 bits per heavy atom. The number of amides is 1. The third-order valence-electron chi connectivity index (χ3n) is 6.78. The minimum atomic E-state index is -0.978. The highest BCUT2D eigenvalue weighted by Gasteiger charge is 2.23. The number of hydrogen-bond acceptors (Lipinski definition) is 6. The van der Waals surface area contributed by atoms with Gasteiger partial charge in [0.25, 0.3) is 0 Å². The molecule has 1 N–H and O–H groups in total. The maximum Gasteiger partial charge on any atom is 0.413 e. The van der Waals surface area contributed by atoms with Gasteiger partial charge in [0, 0.05) is 41.9 Å². The zero-order chi connectivity index (χ0) is 28.1. The molecule has 2 aromatic carbocycles. The number of carboxylic acid groups (broad SMARTS) is 1. The molecular weight excluding hydrogens is 510 g/mol. The van der Waals surface area contributed by atoms with Crippen molar-refractivity contribution in [2.24, 2.45) is 0 Å². The van der Waals surface area contributed by atoms with Gasteiger partial charge in [-0.2, -0.15) is 0 Å². The fourth-order valence-corrected chi connectivity index (χ4v) is 4.87. The number of nitrogens with zero attached hydrogens (tertiary/aromatic N) is 3. The van der Waals surface area contributed by atoms with Gasteiger partial charge in [-0.15, -0.1) is 0 Å². The summed E-state index contributed by atoms with van der Waals surface area (Å²) in [6, 6.07) is 19.2. The first-order valence-electron chi connectivity index (χ1n) is 13.2. The van der Waals surface area contributed by atoms with Crippen LogP contribution in [-0.4, -0.2) is 53.6 Å². The first kappa shape index (κ1) is 26.8. The molecule has 1 aliphatic heterocycles. The number of anilines is 1. The Kier molecular flexibility index (Phi) is 8.00. The number of benzene rings is 2. The molecule has 0 bridgehead atoms. The van der Waals surface area contributed by atoms with Crippen molar-refractivity contribution in [1.29, 1.82) is 0 Å². The standard InChI is InChI=1S/C31H31N3O6/c1-3-39-29(35)20-28(22-6-4-8-25(18-22)38-2)33-16-13-23-19-26(11-12-27(23)33)40-17-14-24-10-9-21-7-5-15-34(31(36)37)30(21)32-24/h4,6,8-13,16,18-20H,3,5,7,14-15,17H2,1-2H3,(H,36,37)/b28-20+. The van der Waals surface area contributed by atoms with Gasteiger partial charge < -0.3 is 23.9 Å². The molecule has 0 radical (unpaired) electrons. The lowest BCUT2D eigenvalue weighted by Gasteiger charge is -2.26. The van der Waals surface area contributed by atoms with Crippen LogP contribution in [0.3, 0.4) is 0 Å². The summed E-state index contributed by atoms with van der Waals surface area (Å²) in [4.78, 5) is 30.0. The van der Waals surface area contributed by atoms with E-state index in [1.807, 2.05) is 71.4 Å². The largest absolute Gasteiger partial charge is 0.497 e. The van der Waals surface area contributed by atoms with Crippen LogP contribution in [0.1, 0.15) is 30.2 Å². The molecule has 4 aromatic rings. The van der Waals surface area contributed by atoms with Gasteiger partial charge in [-0.25, -0.2) is 14.6 Å². The second-order valence-corrected chi connectivity index (χ2v) is 9.34. The van der Waals surface area contributed by atoms with Gasteiger partial charge in [-0.1, -0.05) is 18.2 Å². The topological polar surface area (TPSA) is 103 Å². The summed E-state index contributed by atoms with van der Waals surface area (Å²) >= 11 is 0. The molecule has 0 aliphatic carbocycles. The summed E-state index contributed by atoms with van der Waals surface area (Å²) in [7, 11) is 1.60. The van der Waals surface area contributed by atoms with Crippen molar-refractivity contribution in [2.75, 3.05) is 31.8 Å². The third-order valence-corrected chi connectivity index (χ3v) is 6.78. The third kappa shape index (κ3) is 5.78. The molecule has 0 atom stereocenters. The van der Waals surface area contributed by atoms with Crippen molar-refractivity contribution in [2.45, 2.75) is 26.2 Å². The van der Waals surface area contributed by atoms with Crippen molar-refractivity contribution in [3.63, 3.8) is 0 Å². The number of aryl methyl sites for hydroxylation is 1. The molecule has 0 unspecified atom stereocenters. The molecule has 9 nitrogen and oxygen atoms in total. The Morgan fingerprint density at radius 1 is 1.07 bits per heavy atom. The monoisotopic (exact) mass is 541 g/mol. The number of hydrogen-bond donors (Lipinski definition) is 1. The number of rotatable bonds is 9. The van der Waals surface area contributed by atoms with Crippen LogP contribution in [-0.2, 0) is 22.4 Å². The Hall–Kier alpha value is -4.79. The molecule has 1 aliphatic rings. The number of aromatic nitrogens is 2. The predicted octanol–water partition coefficient (Wildman–Crippen LogP) is 5.55. The van der Waals surface area contributed by atoms with Gasteiger partial charge in [-0.3, -0.25) is 4.90 Å². The van der Waals surface area contributed by atoms with Crippen molar-refractivity contribution >= 4 is 34.5 Å². The Balaban J connectivity index is 1.34. The van der Waals surface area contributed by atoms with Crippen LogP contribution >= 0.6 is 0 Å². The second kappa shape index (κ2) is 11.9. The van der Waals surface area contributed by atoms with Gasteiger partial charge in [0.15, 0.2) is 0 Å². The first-order chi connectivity index (χ1) is 19.5. The SMILES string of the molecule is CCOC(=O)/C=C(\c1cccc(OC)c1)n1ccc2cc(OCCc3ccc4c(n3)N(C(=O)O)CCC4)ccc21. The van der Waals surface area contributed by atoms with E-state index in [0.29, 0.717) is 42.6 Å². The quantitative estimate of drug-likeness (QED) is 0.219. The molecule has 3 heterocycles. The highest BCUT2D eigenvalue weighted by Crippen LogP contribution is 2.30. The first-order valence-corrected chi connectivity index (χ1v) is 13.2. The molecule has 40 heavy (non-hydrogen) atoms. The normalized spacial score (nSPS) is 13.2. The van der Waals surface area contributed by atoms with Crippen LogP contribution in [0.25, 0.3) is 16.6 Å². The molecule has 0 saturated heterocycles. The Morgan fingerprint density at radius 3 is 2.75 bits per heavy atom. The predicted molar refractivity (Wildman–Crippen MR) is 152 cm³/mol. The number of carbonyl (C=O) groups excluding carboxylic acids is 1. The highest BCUT2D eigenvalue weighted by molar-refractivity contribution is 5.95. The van der Waals surface area contributed by atoms with Crippen LogP contribution in [0.5, 0.6) is 11.5 Å². The summed E-state index contributed by atoms with van der Waals surface area (Å²) in [5.74, 6) is 1.49. The zero-order valence-electron chi connectivity index (χ0n) is 22.5. The van der Waals surface area contributed by atoms with E-state index in [0.717, 1.165) is 40.6 Å². The molecule has 0 fully saturated rings. The van der Waals surface area contributed by atoms with Crippen LogP contribution < -0.4 is 14.4 Å². The molecule has 1 amide bonds. The van der Waals surface area contributed by atoms with E-state index in [-0.39, 0.29) is 6.61 Å². The van der Waals surface area contributed by atoms with Gasteiger partial charge >= 0.3 is 12.1 Å². The van der Waals surface area contributed by atoms with Gasteiger partial charge in [0.05, 0.1) is 31.5 Å². The minimum Gasteiger partial charge on any atom is -0.497 e. The molecule has 206 valence electrons. The zero-order valence-corrected chi connectivity index (χ0v) is 22.5. The summed E-state index contributed by atoms with van der Waals surface area (Å²) in [5.41, 5.74) is 4.11. The molecule has 9 heteroatoms. The molecule has 2 aromatic heterocycles. The van der Waals surface area contributed by atoms with E-state index in [2.05, 4.69) is 4.98 Å². The summed E-state index contributed by atoms with van der Waals surface area (Å²) in [5, 5.41) is 10.4. The number of ether oxygens (including phenoxy) is 3. The smallest absolute Gasteiger partial charge is 0.413 e. The number of esters is 1. The van der Waals surface area contributed by atoms with E-state index in [9.17, 15) is 14.7 Å². The van der Waals surface area contributed by atoms with E-state index in [4.69, 9.17) is 14.2 Å². The lowest BCUT2D eigenvalue weighted by molar-refractivity contribution is -0.137. The molecule has 5 rings (SSSR count). The van der Waals surface area contributed by atoms with Crippen molar-refractivity contribution < 1.29 is 28.9 Å². The van der Waals surface area contributed by atoms with Gasteiger partial charge in [0.2, 0.25) is 0 Å². The Bertz CT molecular complexity index is 1570. The number of carbonyl (C=O) groups is 2. The van der Waals surface area contributed by atoms with E-state index in [1.165, 1.54) is 11.0 Å². The van der Waals surface area contributed by atoms with Crippen LogP contribution in [0.15, 0.2) is 72.9 Å². The molecule has 0 spiro atoms. The minimum absolute atomic E-state index is 0.284. The van der Waals surface area contributed by atoms with Crippen LogP contribution in [0, 0.1) is 0 Å². The van der Waals surface area contributed by atoms with Crippen LogP contribution in [0.4, 0.5) is 10.6 Å². The number of methoxy groups -OCH3 is 1. The van der Waals surface area contributed by atoms with Crippen molar-refractivity contribution in [3.05, 3.63) is 89.8 Å². The summed E-state index contributed by atoms with van der Waals surface area (Å²) in [6.45, 7) is 2.91. The summed E-state index contributed by atoms with van der Waals surface area (Å²) in [6.07, 6.45) is 4.59. The number of fused-ring (bicyclic) bond motifs is 2. The van der Waals surface area contributed by atoms with Crippen LogP contribution in [0.2, 0.25) is 0 Å². The maximum absolute atomic E-state index is 12.4. The maximum atomic E-state index is 12.4. The second-order valence-electron chi connectivity index (χ2n) is 9.34. The molecule has 0 saturated carbocycles. The summed E-state index contributed by atoms with van der Waals surface area (Å²) < 4.78 is 18.6. The van der Waals surface area contributed by atoms with E-state index in [1.54, 1.807) is 14.0 Å². The highest BCUT2D eigenvalue weighted by atomic mass is 16.5. The average molecular weight is 542 g/mol. The van der Waals surface area contributed by atoms with Crippen molar-refractivity contribution in [1.82, 2.24) is 9.55 Å². The van der Waals surface area contributed by atoms with Crippen molar-refractivity contribution in [3.8, 4) is 11.5 Å². The fourth-order valence-electron chi connectivity index (χ4n) is 4.87. The van der Waals surface area contributed by atoms with E-state index < -0.39 is 12.1 Å². The lowest BCUT2D eigenvalue weighted by Crippen LogP contribution is -2.35. The van der Waals surface area contributed by atoms with Gasteiger partial charge in [0.1, 0.15) is 17.3 Å². The average Bonchev–Trinajstić information content (AvgIpc) is 3.38. The van der Waals surface area contributed by atoms with Gasteiger partial charge in [-0.05, 0) is 67.8 Å². The Labute approximate surface area is 232 Å². The lowest BCUT2D eigenvalue weighted by atomic mass is 10.1. The van der Waals surface area contributed by atoms with E-state index >= 15 is 0 Å². The fraction of sp³-hybridized carbons (Fsp3) is 0.258.